The Hall–Kier alpha value is -1.06. The molecule has 0 aliphatic rings. The molecular weight excluding hydrogens is 317 g/mol. The molecule has 0 saturated carbocycles. The van der Waals surface area contributed by atoms with Gasteiger partial charge in [-0.25, -0.2) is 4.39 Å². The van der Waals surface area contributed by atoms with Crippen molar-refractivity contribution in [2.24, 2.45) is 0 Å². The molecule has 0 amide bonds. The minimum absolute atomic E-state index is 0.247. The Kier molecular flexibility index (Phi) is 4.25. The molecule has 0 saturated heterocycles. The summed E-state index contributed by atoms with van der Waals surface area (Å²) < 4.78 is 14.5. The zero-order valence-corrected chi connectivity index (χ0v) is 12.1. The van der Waals surface area contributed by atoms with Crippen LogP contribution >= 0.6 is 27.5 Å². The maximum atomic E-state index is 13.6. The molecule has 0 aromatic heterocycles. The Morgan fingerprint density at radius 3 is 2.67 bits per heavy atom. The van der Waals surface area contributed by atoms with Gasteiger partial charge in [-0.3, -0.25) is 0 Å². The number of hydrogen-bond acceptors (Lipinski definition) is 1. The van der Waals surface area contributed by atoms with Crippen LogP contribution in [0.5, 0.6) is 0 Å². The third-order valence-corrected chi connectivity index (χ3v) is 3.45. The van der Waals surface area contributed by atoms with E-state index in [0.717, 1.165) is 15.6 Å². The molecule has 18 heavy (non-hydrogen) atoms. The van der Waals surface area contributed by atoms with E-state index in [-0.39, 0.29) is 5.82 Å². The summed E-state index contributed by atoms with van der Waals surface area (Å²) in [5, 5.41) is 3.70. The molecule has 0 spiro atoms. The second-order valence-electron chi connectivity index (χ2n) is 4.07. The van der Waals surface area contributed by atoms with Gasteiger partial charge in [0, 0.05) is 16.0 Å². The van der Waals surface area contributed by atoms with E-state index in [1.165, 1.54) is 6.07 Å². The van der Waals surface area contributed by atoms with Gasteiger partial charge in [0.25, 0.3) is 0 Å². The summed E-state index contributed by atoms with van der Waals surface area (Å²) in [5.41, 5.74) is 2.32. The van der Waals surface area contributed by atoms with Gasteiger partial charge in [0.2, 0.25) is 0 Å². The summed E-state index contributed by atoms with van der Waals surface area (Å²) in [7, 11) is 0. The van der Waals surface area contributed by atoms with Crippen molar-refractivity contribution in [3.05, 3.63) is 62.8 Å². The molecule has 0 aliphatic carbocycles. The molecule has 2 aromatic rings. The van der Waals surface area contributed by atoms with E-state index in [2.05, 4.69) is 21.2 Å². The quantitative estimate of drug-likeness (QED) is 0.820. The van der Waals surface area contributed by atoms with E-state index in [1.54, 1.807) is 6.07 Å². The lowest BCUT2D eigenvalue weighted by Gasteiger charge is -2.09. The summed E-state index contributed by atoms with van der Waals surface area (Å²) in [6.07, 6.45) is 0. The zero-order valence-electron chi connectivity index (χ0n) is 9.81. The lowest BCUT2D eigenvalue weighted by atomic mass is 10.2. The van der Waals surface area contributed by atoms with E-state index in [1.807, 2.05) is 31.2 Å². The molecule has 4 heteroatoms. The maximum absolute atomic E-state index is 13.6. The Balaban J connectivity index is 2.11. The Labute approximate surface area is 119 Å². The number of anilines is 1. The van der Waals surface area contributed by atoms with Gasteiger partial charge in [-0.05, 0) is 42.3 Å². The minimum atomic E-state index is -0.247. The lowest BCUT2D eigenvalue weighted by molar-refractivity contribution is 0.629. The van der Waals surface area contributed by atoms with Gasteiger partial charge in [0.1, 0.15) is 5.82 Å². The van der Waals surface area contributed by atoms with Crippen molar-refractivity contribution in [3.63, 3.8) is 0 Å². The molecule has 0 atom stereocenters. The van der Waals surface area contributed by atoms with Crippen molar-refractivity contribution in [2.45, 2.75) is 13.5 Å². The van der Waals surface area contributed by atoms with Crippen molar-refractivity contribution in [1.29, 1.82) is 0 Å². The Morgan fingerprint density at radius 1 is 1.22 bits per heavy atom. The lowest BCUT2D eigenvalue weighted by Crippen LogP contribution is -2.02. The number of rotatable bonds is 3. The average molecular weight is 329 g/mol. The van der Waals surface area contributed by atoms with Crippen LogP contribution in [-0.4, -0.2) is 0 Å². The van der Waals surface area contributed by atoms with Crippen LogP contribution in [0.1, 0.15) is 11.1 Å². The first-order valence-corrected chi connectivity index (χ1v) is 6.67. The van der Waals surface area contributed by atoms with Crippen molar-refractivity contribution < 1.29 is 4.39 Å². The topological polar surface area (TPSA) is 12.0 Å². The highest BCUT2D eigenvalue weighted by molar-refractivity contribution is 9.10. The van der Waals surface area contributed by atoms with Gasteiger partial charge in [-0.2, -0.15) is 0 Å². The van der Waals surface area contributed by atoms with E-state index in [9.17, 15) is 4.39 Å². The van der Waals surface area contributed by atoms with Gasteiger partial charge in [0.05, 0.1) is 5.69 Å². The van der Waals surface area contributed by atoms with Crippen LogP contribution in [0.2, 0.25) is 5.02 Å². The van der Waals surface area contributed by atoms with E-state index < -0.39 is 0 Å². The van der Waals surface area contributed by atoms with Crippen LogP contribution in [0.4, 0.5) is 10.1 Å². The first-order valence-electron chi connectivity index (χ1n) is 5.50. The van der Waals surface area contributed by atoms with Crippen LogP contribution in [0.3, 0.4) is 0 Å². The van der Waals surface area contributed by atoms with Gasteiger partial charge in [0.15, 0.2) is 0 Å². The Bertz CT molecular complexity index is 520. The fraction of sp³-hybridized carbons (Fsp3) is 0.143. The smallest absolute Gasteiger partial charge is 0.146 e. The first-order chi connectivity index (χ1) is 8.56. The van der Waals surface area contributed by atoms with Crippen molar-refractivity contribution in [2.75, 3.05) is 5.32 Å². The summed E-state index contributed by atoms with van der Waals surface area (Å²) in [4.78, 5) is 0. The number of aryl methyl sites for hydroxylation is 1. The fourth-order valence-corrected chi connectivity index (χ4v) is 2.36. The van der Waals surface area contributed by atoms with Crippen LogP contribution in [-0.2, 0) is 6.54 Å². The average Bonchev–Trinajstić information content (AvgIpc) is 2.30. The fourth-order valence-electron chi connectivity index (χ4n) is 1.62. The van der Waals surface area contributed by atoms with Crippen LogP contribution in [0.15, 0.2) is 40.9 Å². The molecule has 2 aromatic carbocycles. The summed E-state index contributed by atoms with van der Waals surface area (Å²) >= 11 is 9.44. The summed E-state index contributed by atoms with van der Waals surface area (Å²) in [6.45, 7) is 2.35. The standard InChI is InChI=1S/C14H12BrClFN/c1-9-2-5-14(13(17)6-9)18-8-10-3-4-11(15)7-12(10)16/h2-7,18H,8H2,1H3. The molecular formula is C14H12BrClFN. The second-order valence-corrected chi connectivity index (χ2v) is 5.40. The third kappa shape index (κ3) is 3.24. The molecule has 1 nitrogen and oxygen atoms in total. The SMILES string of the molecule is Cc1ccc(NCc2ccc(Br)cc2Cl)c(F)c1. The van der Waals surface area contributed by atoms with E-state index in [0.29, 0.717) is 17.3 Å². The molecule has 0 aliphatic heterocycles. The van der Waals surface area contributed by atoms with Crippen LogP contribution < -0.4 is 5.32 Å². The van der Waals surface area contributed by atoms with Crippen molar-refractivity contribution in [1.82, 2.24) is 0 Å². The van der Waals surface area contributed by atoms with Crippen molar-refractivity contribution >= 4 is 33.2 Å². The minimum Gasteiger partial charge on any atom is -0.379 e. The highest BCUT2D eigenvalue weighted by atomic mass is 79.9. The molecule has 94 valence electrons. The van der Waals surface area contributed by atoms with Gasteiger partial charge in [-0.1, -0.05) is 39.7 Å². The number of nitrogens with one attached hydrogen (secondary N) is 1. The largest absolute Gasteiger partial charge is 0.379 e. The predicted molar refractivity (Wildman–Crippen MR) is 77.6 cm³/mol. The van der Waals surface area contributed by atoms with Crippen LogP contribution in [0, 0.1) is 12.7 Å². The first kappa shape index (κ1) is 13.4. The van der Waals surface area contributed by atoms with E-state index >= 15 is 0 Å². The number of hydrogen-bond donors (Lipinski definition) is 1. The molecule has 0 heterocycles. The molecule has 0 bridgehead atoms. The molecule has 2 rings (SSSR count). The van der Waals surface area contributed by atoms with E-state index in [4.69, 9.17) is 11.6 Å². The summed E-state index contributed by atoms with van der Waals surface area (Å²) in [5.74, 6) is -0.247. The normalized spacial score (nSPS) is 10.4. The zero-order chi connectivity index (χ0) is 13.1. The predicted octanol–water partition coefficient (Wildman–Crippen LogP) is 5.16. The number of benzene rings is 2. The van der Waals surface area contributed by atoms with Gasteiger partial charge < -0.3 is 5.32 Å². The maximum Gasteiger partial charge on any atom is 0.146 e. The second kappa shape index (κ2) is 5.72. The van der Waals surface area contributed by atoms with Crippen LogP contribution in [0.25, 0.3) is 0 Å². The third-order valence-electron chi connectivity index (χ3n) is 2.61. The monoisotopic (exact) mass is 327 g/mol. The molecule has 0 fully saturated rings. The molecule has 0 radical (unpaired) electrons. The summed E-state index contributed by atoms with van der Waals surface area (Å²) in [6, 6.07) is 10.8. The van der Waals surface area contributed by atoms with Crippen molar-refractivity contribution in [3.8, 4) is 0 Å². The Morgan fingerprint density at radius 2 is 2.00 bits per heavy atom. The molecule has 0 unspecified atom stereocenters. The molecule has 1 N–H and O–H groups in total. The van der Waals surface area contributed by atoms with Gasteiger partial charge >= 0.3 is 0 Å². The van der Waals surface area contributed by atoms with Gasteiger partial charge in [-0.15, -0.1) is 0 Å². The highest BCUT2D eigenvalue weighted by Crippen LogP contribution is 2.23. The number of halogens is 3. The highest BCUT2D eigenvalue weighted by Gasteiger charge is 2.04.